The van der Waals surface area contributed by atoms with Crippen molar-refractivity contribution in [3.05, 3.63) is 124 Å². The molecule has 3 aromatic rings. The summed E-state index contributed by atoms with van der Waals surface area (Å²) in [5.74, 6) is -2.32. The minimum Gasteiger partial charge on any atom is -0.401 e. The van der Waals surface area contributed by atoms with Crippen LogP contribution in [0.4, 0.5) is 0 Å². The molecule has 2 fully saturated rings. The fourth-order valence-electron chi connectivity index (χ4n) is 6.37. The summed E-state index contributed by atoms with van der Waals surface area (Å²) in [6.45, 7) is 13.1. The highest BCUT2D eigenvalue weighted by atomic mass is 35.5. The number of amides is 6. The number of nitrogens with two attached hydrogens (primary N) is 3. The highest BCUT2D eigenvalue weighted by Gasteiger charge is 2.30. The molecule has 328 valence electrons. The van der Waals surface area contributed by atoms with Crippen molar-refractivity contribution in [2.75, 3.05) is 32.7 Å². The molecular formula is C43H56Cl2N10O6. The van der Waals surface area contributed by atoms with E-state index in [4.69, 9.17) is 45.8 Å². The van der Waals surface area contributed by atoms with Crippen molar-refractivity contribution >= 4 is 64.9 Å². The second-order valence-electron chi connectivity index (χ2n) is 13.5. The number of primary amides is 2. The summed E-state index contributed by atoms with van der Waals surface area (Å²) in [6.07, 6.45) is 6.90. The van der Waals surface area contributed by atoms with Crippen molar-refractivity contribution in [3.63, 3.8) is 0 Å². The maximum atomic E-state index is 13.0. The van der Waals surface area contributed by atoms with Gasteiger partial charge in [-0.2, -0.15) is 5.10 Å². The van der Waals surface area contributed by atoms with Gasteiger partial charge in [0.25, 0.3) is 11.8 Å². The Labute approximate surface area is 366 Å². The van der Waals surface area contributed by atoms with E-state index in [2.05, 4.69) is 34.0 Å². The molecule has 2 aromatic carbocycles. The summed E-state index contributed by atoms with van der Waals surface area (Å²) < 4.78 is 0. The lowest BCUT2D eigenvalue weighted by Gasteiger charge is -2.31. The van der Waals surface area contributed by atoms with E-state index in [1.54, 1.807) is 34.1 Å². The number of carbonyl (C=O) groups excluding carboxylic acids is 6. The summed E-state index contributed by atoms with van der Waals surface area (Å²) in [6, 6.07) is 15.8. The number of rotatable bonds is 14. The average molecular weight is 880 g/mol. The lowest BCUT2D eigenvalue weighted by Crippen LogP contribution is -2.37. The summed E-state index contributed by atoms with van der Waals surface area (Å²) in [5.41, 5.74) is 18.5. The van der Waals surface area contributed by atoms with Crippen LogP contribution in [0.15, 0.2) is 97.4 Å². The molecule has 6 amide bonds. The van der Waals surface area contributed by atoms with Crippen LogP contribution >= 0.6 is 23.2 Å². The molecule has 0 radical (unpaired) electrons. The van der Waals surface area contributed by atoms with E-state index in [1.807, 2.05) is 44.2 Å². The summed E-state index contributed by atoms with van der Waals surface area (Å²) in [7, 11) is 0. The van der Waals surface area contributed by atoms with Gasteiger partial charge in [-0.25, -0.2) is 0 Å². The molecule has 3 heterocycles. The molecule has 10 N–H and O–H groups in total. The lowest BCUT2D eigenvalue weighted by atomic mass is 9.91. The van der Waals surface area contributed by atoms with Crippen molar-refractivity contribution in [3.8, 4) is 0 Å². The largest absolute Gasteiger partial charge is 0.401 e. The molecule has 0 saturated carbocycles. The number of carbonyl (C=O) groups is 6. The molecule has 0 spiro atoms. The first-order valence-electron chi connectivity index (χ1n) is 19.7. The maximum Gasteiger partial charge on any atom is 0.255 e. The molecule has 0 aliphatic carbocycles. The van der Waals surface area contributed by atoms with Crippen LogP contribution in [0.25, 0.3) is 0 Å². The van der Waals surface area contributed by atoms with Gasteiger partial charge in [0.15, 0.2) is 0 Å². The van der Waals surface area contributed by atoms with Crippen LogP contribution in [0.2, 0.25) is 10.0 Å². The molecule has 1 aromatic heterocycles. The Morgan fingerprint density at radius 3 is 2.03 bits per heavy atom. The lowest BCUT2D eigenvalue weighted by molar-refractivity contribution is -0.127. The molecule has 2 unspecified atom stereocenters. The first kappa shape index (κ1) is 50.9. The van der Waals surface area contributed by atoms with Crippen molar-refractivity contribution in [1.29, 1.82) is 5.41 Å². The number of hydrogen-bond acceptors (Lipinski definition) is 9. The van der Waals surface area contributed by atoms with Crippen LogP contribution in [0, 0.1) is 11.3 Å². The van der Waals surface area contributed by atoms with Crippen molar-refractivity contribution in [2.45, 2.75) is 57.9 Å². The Balaban J connectivity index is 0.000000360. The summed E-state index contributed by atoms with van der Waals surface area (Å²) >= 11 is 11.6. The van der Waals surface area contributed by atoms with Gasteiger partial charge in [-0.3, -0.25) is 33.9 Å². The van der Waals surface area contributed by atoms with Gasteiger partial charge in [-0.15, -0.1) is 0 Å². The quantitative estimate of drug-likeness (QED) is 0.0891. The van der Waals surface area contributed by atoms with Gasteiger partial charge < -0.3 is 43.0 Å². The number of benzene rings is 2. The molecule has 2 aliphatic heterocycles. The van der Waals surface area contributed by atoms with E-state index >= 15 is 0 Å². The number of likely N-dealkylation sites (tertiary alicyclic amines) is 2. The number of piperidine rings is 1. The molecule has 0 bridgehead atoms. The van der Waals surface area contributed by atoms with Gasteiger partial charge in [0.2, 0.25) is 23.6 Å². The van der Waals surface area contributed by atoms with E-state index in [9.17, 15) is 28.8 Å². The standard InChI is InChI=1S/C21H24ClN5O3.C14H21N5O3.C6H5Cl.C2H6/c1-2-19(29)27-8-6-13(7-9-27)20-16(12-24-26-20)21(30)25-17(11-18(23)28)14-4-3-5-15(22)10-14;1-2-12(21)19-6-4-9(8-19)13(17)10(7-15)14(22)18-5-3-11(16)20;7-6-4-2-1-3-5-6;1-2/h2-5,10,12-13,17H,1,6-9,11H2,(H2,23,28)(H,24,26)(H,25,30);2,7,9,15H,1,3-6,8,17H2,(H2,16,20)(H,18,22);1-5H;1-2H3/b;13-10+,15-7?;;. The third kappa shape index (κ3) is 16.7. The SMILES string of the molecule is C=CC(=O)N1CCC(/C(N)=C(/C=N)C(=O)NCCC(N)=O)C1.C=CC(=O)N1CCC(c2[nH]ncc2C(=O)NC(CC(N)=O)c2cccc(Cl)c2)CC1.CC.Clc1ccccc1. The van der Waals surface area contributed by atoms with Crippen molar-refractivity contribution in [1.82, 2.24) is 30.6 Å². The van der Waals surface area contributed by atoms with Crippen LogP contribution in [0.1, 0.15) is 79.5 Å². The first-order valence-corrected chi connectivity index (χ1v) is 20.4. The van der Waals surface area contributed by atoms with Crippen LogP contribution in [0.3, 0.4) is 0 Å². The average Bonchev–Trinajstić information content (AvgIpc) is 3.96. The number of nitrogens with one attached hydrogen (secondary N) is 4. The molecular weight excluding hydrogens is 823 g/mol. The Bertz CT molecular complexity index is 2010. The number of halogens is 2. The Morgan fingerprint density at radius 2 is 1.49 bits per heavy atom. The number of nitrogens with zero attached hydrogens (tertiary/aromatic N) is 3. The highest BCUT2D eigenvalue weighted by Crippen LogP contribution is 2.30. The van der Waals surface area contributed by atoms with Gasteiger partial charge in [0.05, 0.1) is 35.5 Å². The fourth-order valence-corrected chi connectivity index (χ4v) is 6.72. The zero-order valence-corrected chi connectivity index (χ0v) is 36.0. The molecule has 61 heavy (non-hydrogen) atoms. The molecule has 2 saturated heterocycles. The number of aromatic nitrogens is 2. The minimum atomic E-state index is -0.608. The summed E-state index contributed by atoms with van der Waals surface area (Å²) in [4.78, 5) is 73.8. The van der Waals surface area contributed by atoms with E-state index in [-0.39, 0.29) is 60.2 Å². The minimum absolute atomic E-state index is 0.0158. The van der Waals surface area contributed by atoms with Gasteiger partial charge >= 0.3 is 0 Å². The zero-order valence-electron chi connectivity index (χ0n) is 34.5. The zero-order chi connectivity index (χ0) is 45.5. The smallest absolute Gasteiger partial charge is 0.255 e. The van der Waals surface area contributed by atoms with E-state index in [0.29, 0.717) is 61.6 Å². The Hall–Kier alpha value is -6.26. The van der Waals surface area contributed by atoms with Crippen LogP contribution in [-0.2, 0) is 24.0 Å². The van der Waals surface area contributed by atoms with Crippen molar-refractivity contribution in [2.24, 2.45) is 23.1 Å². The molecule has 16 nitrogen and oxygen atoms in total. The molecule has 2 atom stereocenters. The predicted octanol–water partition coefficient (Wildman–Crippen LogP) is 4.54. The topological polar surface area (TPSA) is 264 Å². The second-order valence-corrected chi connectivity index (χ2v) is 14.4. The van der Waals surface area contributed by atoms with E-state index < -0.39 is 23.8 Å². The van der Waals surface area contributed by atoms with Gasteiger partial charge in [-0.1, -0.05) is 80.5 Å². The van der Waals surface area contributed by atoms with Gasteiger partial charge in [-0.05, 0) is 61.2 Å². The number of H-pyrrole nitrogens is 1. The van der Waals surface area contributed by atoms with Crippen molar-refractivity contribution < 1.29 is 28.8 Å². The van der Waals surface area contributed by atoms with E-state index in [0.717, 1.165) is 16.9 Å². The van der Waals surface area contributed by atoms with Crippen LogP contribution < -0.4 is 27.8 Å². The highest BCUT2D eigenvalue weighted by molar-refractivity contribution is 6.30. The van der Waals surface area contributed by atoms with Crippen LogP contribution in [0.5, 0.6) is 0 Å². The normalized spacial score (nSPS) is 15.3. The van der Waals surface area contributed by atoms with Gasteiger partial charge in [0.1, 0.15) is 0 Å². The Kier molecular flexibility index (Phi) is 22.3. The van der Waals surface area contributed by atoms with Gasteiger partial charge in [0, 0.05) is 72.9 Å². The monoisotopic (exact) mass is 878 g/mol. The summed E-state index contributed by atoms with van der Waals surface area (Å²) in [5, 5.41) is 21.0. The maximum absolute atomic E-state index is 13.0. The van der Waals surface area contributed by atoms with E-state index in [1.165, 1.54) is 18.3 Å². The second kappa shape index (κ2) is 26.8. The molecule has 5 rings (SSSR count). The molecule has 2 aliphatic rings. The Morgan fingerprint density at radius 1 is 0.885 bits per heavy atom. The number of aromatic amines is 1. The molecule has 18 heteroatoms. The first-order chi connectivity index (χ1) is 29.2. The third-order valence-electron chi connectivity index (χ3n) is 9.47. The third-order valence-corrected chi connectivity index (χ3v) is 9.96. The van der Waals surface area contributed by atoms with Crippen LogP contribution in [-0.4, -0.2) is 94.4 Å². The fraction of sp³-hybridized carbons (Fsp3) is 0.349. The predicted molar refractivity (Wildman–Crippen MR) is 237 cm³/mol. The number of hydrogen-bond donors (Lipinski definition) is 7.